The predicted molar refractivity (Wildman–Crippen MR) is 111 cm³/mol. The lowest BCUT2D eigenvalue weighted by atomic mass is 10.1. The number of nitrogens with one attached hydrogen (secondary N) is 2. The molecule has 0 aliphatic rings. The van der Waals surface area contributed by atoms with Crippen LogP contribution in [-0.4, -0.2) is 35.9 Å². The Labute approximate surface area is 172 Å². The van der Waals surface area contributed by atoms with Crippen LogP contribution in [0, 0.1) is 24.0 Å². The first kappa shape index (κ1) is 22.3. The average Bonchev–Trinajstić information content (AvgIpc) is 2.73. The van der Waals surface area contributed by atoms with Crippen LogP contribution in [0.4, 0.5) is 11.4 Å². The molecule has 2 amide bonds. The van der Waals surface area contributed by atoms with E-state index in [0.717, 1.165) is 11.1 Å². The third kappa shape index (κ3) is 6.55. The van der Waals surface area contributed by atoms with Gasteiger partial charge < -0.3 is 15.4 Å². The number of nitrogens with zero attached hydrogens (tertiary/aromatic N) is 1. The number of hydrogen-bond acceptors (Lipinski definition) is 6. The van der Waals surface area contributed by atoms with Crippen LogP contribution in [-0.2, 0) is 19.1 Å². The summed E-state index contributed by atoms with van der Waals surface area (Å²) in [7, 11) is 0. The summed E-state index contributed by atoms with van der Waals surface area (Å²) in [6.45, 7) is 2.33. The van der Waals surface area contributed by atoms with Gasteiger partial charge in [0.25, 0.3) is 11.6 Å². The van der Waals surface area contributed by atoms with Gasteiger partial charge in [0.1, 0.15) is 12.2 Å². The molecular weight excluding hydrogens is 390 g/mol. The van der Waals surface area contributed by atoms with Crippen molar-refractivity contribution in [3.63, 3.8) is 0 Å². The second kappa shape index (κ2) is 10.5. The van der Waals surface area contributed by atoms with Gasteiger partial charge in [-0.25, -0.2) is 0 Å². The van der Waals surface area contributed by atoms with Gasteiger partial charge in [0.2, 0.25) is 5.91 Å². The number of hydrogen-bond donors (Lipinski definition) is 2. The standard InChI is InChI=1S/C21H21N3O6/c1-14-8-10-17(24(28)29)21(15(14)2)23-19(26)13-30-20(27)12-22-18(25)11-9-16-6-4-3-5-7-16/h3-11H,12-13H2,1-2H3,(H,22,25)(H,23,26)/b11-9+. The molecule has 2 rings (SSSR count). The summed E-state index contributed by atoms with van der Waals surface area (Å²) in [6.07, 6.45) is 2.86. The van der Waals surface area contributed by atoms with Crippen molar-refractivity contribution in [3.05, 3.63) is 75.3 Å². The quantitative estimate of drug-likeness (QED) is 0.297. The number of anilines is 1. The molecule has 0 aromatic heterocycles. The third-order valence-electron chi connectivity index (χ3n) is 4.17. The molecular formula is C21H21N3O6. The van der Waals surface area contributed by atoms with Gasteiger partial charge in [-0.3, -0.25) is 24.5 Å². The number of aryl methyl sites for hydroxylation is 1. The van der Waals surface area contributed by atoms with E-state index in [2.05, 4.69) is 10.6 Å². The van der Waals surface area contributed by atoms with Gasteiger partial charge in [-0.1, -0.05) is 36.4 Å². The third-order valence-corrected chi connectivity index (χ3v) is 4.17. The first-order valence-corrected chi connectivity index (χ1v) is 8.99. The van der Waals surface area contributed by atoms with E-state index in [1.807, 2.05) is 30.3 Å². The van der Waals surface area contributed by atoms with Crippen LogP contribution in [0.3, 0.4) is 0 Å². The van der Waals surface area contributed by atoms with Crippen LogP contribution in [0.5, 0.6) is 0 Å². The predicted octanol–water partition coefficient (Wildman–Crippen LogP) is 2.52. The lowest BCUT2D eigenvalue weighted by Gasteiger charge is -2.11. The van der Waals surface area contributed by atoms with E-state index >= 15 is 0 Å². The molecule has 0 atom stereocenters. The SMILES string of the molecule is Cc1ccc([N+](=O)[O-])c(NC(=O)COC(=O)CNC(=O)/C=C/c2ccccc2)c1C. The minimum atomic E-state index is -0.818. The fraction of sp³-hybridized carbons (Fsp3) is 0.190. The second-order valence-corrected chi connectivity index (χ2v) is 6.33. The number of ether oxygens (including phenoxy) is 1. The fourth-order valence-electron chi connectivity index (χ4n) is 2.44. The highest BCUT2D eigenvalue weighted by Gasteiger charge is 2.20. The van der Waals surface area contributed by atoms with Gasteiger partial charge in [0.05, 0.1) is 4.92 Å². The van der Waals surface area contributed by atoms with E-state index < -0.39 is 35.9 Å². The molecule has 156 valence electrons. The highest BCUT2D eigenvalue weighted by molar-refractivity contribution is 5.97. The largest absolute Gasteiger partial charge is 0.454 e. The van der Waals surface area contributed by atoms with Gasteiger partial charge in [-0.05, 0) is 36.6 Å². The molecule has 0 spiro atoms. The molecule has 0 heterocycles. The molecule has 30 heavy (non-hydrogen) atoms. The van der Waals surface area contributed by atoms with Crippen LogP contribution >= 0.6 is 0 Å². The maximum Gasteiger partial charge on any atom is 0.325 e. The zero-order valence-electron chi connectivity index (χ0n) is 16.5. The van der Waals surface area contributed by atoms with Gasteiger partial charge in [-0.2, -0.15) is 0 Å². The molecule has 2 N–H and O–H groups in total. The van der Waals surface area contributed by atoms with Gasteiger partial charge in [0.15, 0.2) is 6.61 Å². The summed E-state index contributed by atoms with van der Waals surface area (Å²) in [5.41, 5.74) is 1.93. The Balaban J connectivity index is 1.82. The van der Waals surface area contributed by atoms with Crippen molar-refractivity contribution in [2.45, 2.75) is 13.8 Å². The number of rotatable bonds is 8. The smallest absolute Gasteiger partial charge is 0.325 e. The Morgan fingerprint density at radius 1 is 1.10 bits per heavy atom. The Bertz CT molecular complexity index is 986. The number of esters is 1. The van der Waals surface area contributed by atoms with Crippen molar-refractivity contribution in [2.24, 2.45) is 0 Å². The molecule has 2 aromatic rings. The highest BCUT2D eigenvalue weighted by atomic mass is 16.6. The van der Waals surface area contributed by atoms with E-state index in [1.54, 1.807) is 26.0 Å². The Kier molecular flexibility index (Phi) is 7.81. The van der Waals surface area contributed by atoms with E-state index in [9.17, 15) is 24.5 Å². The monoisotopic (exact) mass is 411 g/mol. The second-order valence-electron chi connectivity index (χ2n) is 6.33. The Hall–Kier alpha value is -4.01. The normalized spacial score (nSPS) is 10.5. The van der Waals surface area contributed by atoms with Crippen molar-refractivity contribution in [3.8, 4) is 0 Å². The van der Waals surface area contributed by atoms with Crippen LogP contribution in [0.15, 0.2) is 48.5 Å². The van der Waals surface area contributed by atoms with Crippen molar-refractivity contribution >= 4 is 35.2 Å². The van der Waals surface area contributed by atoms with Crippen LogP contribution in [0.25, 0.3) is 6.08 Å². The van der Waals surface area contributed by atoms with Crippen molar-refractivity contribution in [1.29, 1.82) is 0 Å². The summed E-state index contributed by atoms with van der Waals surface area (Å²) in [4.78, 5) is 46.0. The number of nitro benzene ring substituents is 1. The van der Waals surface area contributed by atoms with Crippen molar-refractivity contribution < 1.29 is 24.0 Å². The van der Waals surface area contributed by atoms with E-state index in [-0.39, 0.29) is 11.4 Å². The molecule has 0 saturated heterocycles. The average molecular weight is 411 g/mol. The topological polar surface area (TPSA) is 128 Å². The summed E-state index contributed by atoms with van der Waals surface area (Å²) >= 11 is 0. The Morgan fingerprint density at radius 3 is 2.47 bits per heavy atom. The molecule has 0 saturated carbocycles. The molecule has 0 aliphatic heterocycles. The lowest BCUT2D eigenvalue weighted by molar-refractivity contribution is -0.384. The molecule has 0 bridgehead atoms. The van der Waals surface area contributed by atoms with Crippen molar-refractivity contribution in [1.82, 2.24) is 5.32 Å². The molecule has 0 unspecified atom stereocenters. The number of amides is 2. The van der Waals surface area contributed by atoms with Gasteiger partial charge in [0, 0.05) is 12.1 Å². The van der Waals surface area contributed by atoms with Crippen LogP contribution in [0.1, 0.15) is 16.7 Å². The zero-order valence-corrected chi connectivity index (χ0v) is 16.5. The van der Waals surface area contributed by atoms with E-state index in [4.69, 9.17) is 4.74 Å². The molecule has 0 radical (unpaired) electrons. The molecule has 0 fully saturated rings. The summed E-state index contributed by atoms with van der Waals surface area (Å²) in [6, 6.07) is 12.0. The number of carbonyl (C=O) groups is 3. The molecule has 2 aromatic carbocycles. The number of benzene rings is 2. The fourth-order valence-corrected chi connectivity index (χ4v) is 2.44. The van der Waals surface area contributed by atoms with Crippen LogP contribution in [0.2, 0.25) is 0 Å². The van der Waals surface area contributed by atoms with Gasteiger partial charge >= 0.3 is 5.97 Å². The minimum absolute atomic E-state index is 0.0559. The molecule has 0 aliphatic carbocycles. The van der Waals surface area contributed by atoms with E-state index in [1.165, 1.54) is 12.1 Å². The summed E-state index contributed by atoms with van der Waals surface area (Å²) < 4.78 is 4.80. The van der Waals surface area contributed by atoms with Crippen LogP contribution < -0.4 is 10.6 Å². The van der Waals surface area contributed by atoms with Crippen molar-refractivity contribution in [2.75, 3.05) is 18.5 Å². The number of nitro groups is 1. The zero-order chi connectivity index (χ0) is 22.1. The maximum atomic E-state index is 12.0. The minimum Gasteiger partial charge on any atom is -0.454 e. The maximum absolute atomic E-state index is 12.0. The first-order chi connectivity index (χ1) is 14.3. The number of carbonyl (C=O) groups excluding carboxylic acids is 3. The molecule has 9 nitrogen and oxygen atoms in total. The summed E-state index contributed by atoms with van der Waals surface area (Å²) in [5.74, 6) is -2.04. The highest BCUT2D eigenvalue weighted by Crippen LogP contribution is 2.30. The lowest BCUT2D eigenvalue weighted by Crippen LogP contribution is -2.31. The first-order valence-electron chi connectivity index (χ1n) is 8.99. The van der Waals surface area contributed by atoms with E-state index in [0.29, 0.717) is 5.56 Å². The summed E-state index contributed by atoms with van der Waals surface area (Å²) in [5, 5.41) is 15.9. The molecule has 9 heteroatoms. The Morgan fingerprint density at radius 2 is 1.80 bits per heavy atom. The van der Waals surface area contributed by atoms with Gasteiger partial charge in [-0.15, -0.1) is 0 Å².